The molecule has 0 radical (unpaired) electrons. The van der Waals surface area contributed by atoms with Gasteiger partial charge in [-0.05, 0) is 70.1 Å². The first kappa shape index (κ1) is 22.8. The maximum Gasteiger partial charge on any atom is 0.230 e. The van der Waals surface area contributed by atoms with Gasteiger partial charge in [0.05, 0.1) is 12.6 Å². The highest BCUT2D eigenvalue weighted by Gasteiger charge is 2.17. The van der Waals surface area contributed by atoms with Gasteiger partial charge in [-0.1, -0.05) is 0 Å². The zero-order valence-electron chi connectivity index (χ0n) is 19.0. The lowest BCUT2D eigenvalue weighted by Crippen LogP contribution is -2.25. The Morgan fingerprint density at radius 1 is 1.09 bits per heavy atom. The number of halogens is 1. The number of ether oxygens (including phenoxy) is 1. The molecule has 1 amide bonds. The second-order valence-electron chi connectivity index (χ2n) is 8.22. The van der Waals surface area contributed by atoms with E-state index in [-0.39, 0.29) is 12.3 Å². The van der Waals surface area contributed by atoms with Crippen LogP contribution in [-0.4, -0.2) is 52.0 Å². The third kappa shape index (κ3) is 5.90. The molecular formula is C25H28FN5O2. The van der Waals surface area contributed by atoms with Crippen LogP contribution in [0.25, 0.3) is 11.1 Å². The largest absolute Gasteiger partial charge is 0.492 e. The van der Waals surface area contributed by atoms with E-state index in [0.29, 0.717) is 18.0 Å². The van der Waals surface area contributed by atoms with Gasteiger partial charge in [-0.2, -0.15) is 0 Å². The monoisotopic (exact) mass is 449 g/mol. The molecule has 4 rings (SSSR count). The van der Waals surface area contributed by atoms with Gasteiger partial charge in [0.1, 0.15) is 24.5 Å². The fourth-order valence-corrected chi connectivity index (χ4v) is 4.08. The maximum atomic E-state index is 13.1. The lowest BCUT2D eigenvalue weighted by Gasteiger charge is -2.18. The predicted molar refractivity (Wildman–Crippen MR) is 125 cm³/mol. The molecule has 1 saturated heterocycles. The third-order valence-corrected chi connectivity index (χ3v) is 5.75. The van der Waals surface area contributed by atoms with Crippen molar-refractivity contribution in [2.24, 2.45) is 0 Å². The molecule has 1 aromatic carbocycles. The van der Waals surface area contributed by atoms with Crippen molar-refractivity contribution in [2.75, 3.05) is 31.6 Å². The van der Waals surface area contributed by atoms with Crippen molar-refractivity contribution in [2.45, 2.75) is 33.1 Å². The van der Waals surface area contributed by atoms with Crippen molar-refractivity contribution < 1.29 is 13.9 Å². The van der Waals surface area contributed by atoms with E-state index >= 15 is 0 Å². The van der Waals surface area contributed by atoms with Gasteiger partial charge in [0.15, 0.2) is 0 Å². The zero-order chi connectivity index (χ0) is 23.2. The molecule has 0 saturated carbocycles. The molecule has 0 spiro atoms. The molecule has 1 aliphatic heterocycles. The van der Waals surface area contributed by atoms with Crippen LogP contribution >= 0.6 is 0 Å². The Morgan fingerprint density at radius 2 is 1.85 bits per heavy atom. The van der Waals surface area contributed by atoms with Crippen LogP contribution < -0.4 is 10.1 Å². The summed E-state index contributed by atoms with van der Waals surface area (Å²) in [5.74, 6) is 0.0638. The molecule has 2 aromatic heterocycles. The number of nitrogens with zero attached hydrogens (tertiary/aromatic N) is 4. The first-order valence-electron chi connectivity index (χ1n) is 11.2. The molecule has 1 aliphatic rings. The lowest BCUT2D eigenvalue weighted by molar-refractivity contribution is -0.115. The van der Waals surface area contributed by atoms with Crippen LogP contribution in [0, 0.1) is 19.7 Å². The summed E-state index contributed by atoms with van der Waals surface area (Å²) in [5, 5.41) is 2.90. The molecule has 0 aliphatic carbocycles. The minimum absolute atomic E-state index is 0.0518. The first-order valence-corrected chi connectivity index (χ1v) is 11.2. The molecule has 8 heteroatoms. The number of likely N-dealkylation sites (tertiary alicyclic amines) is 1. The van der Waals surface area contributed by atoms with E-state index in [4.69, 9.17) is 4.74 Å². The van der Waals surface area contributed by atoms with Gasteiger partial charge in [0.2, 0.25) is 5.91 Å². The van der Waals surface area contributed by atoms with E-state index in [9.17, 15) is 9.18 Å². The quantitative estimate of drug-likeness (QED) is 0.561. The molecule has 1 N–H and O–H groups in total. The number of hydrogen-bond acceptors (Lipinski definition) is 6. The minimum Gasteiger partial charge on any atom is -0.492 e. The normalized spacial score (nSPS) is 13.8. The number of carbonyl (C=O) groups excluding carboxylic acids is 1. The number of nitrogens with one attached hydrogen (secondary N) is 1. The Labute approximate surface area is 193 Å². The predicted octanol–water partition coefficient (Wildman–Crippen LogP) is 3.95. The van der Waals surface area contributed by atoms with Crippen molar-refractivity contribution >= 4 is 11.6 Å². The number of aryl methyl sites for hydroxylation is 2. The second-order valence-corrected chi connectivity index (χ2v) is 8.22. The maximum absolute atomic E-state index is 13.1. The van der Waals surface area contributed by atoms with E-state index in [1.807, 2.05) is 32.0 Å². The Balaban J connectivity index is 1.54. The highest BCUT2D eigenvalue weighted by molar-refractivity contribution is 5.93. The topological polar surface area (TPSA) is 80.2 Å². The van der Waals surface area contributed by atoms with Crippen LogP contribution in [0.1, 0.15) is 29.9 Å². The minimum atomic E-state index is -0.431. The number of rotatable bonds is 8. The number of carbonyl (C=O) groups is 1. The summed E-state index contributed by atoms with van der Waals surface area (Å²) in [6, 6.07) is 8.38. The summed E-state index contributed by atoms with van der Waals surface area (Å²) in [7, 11) is 0. The summed E-state index contributed by atoms with van der Waals surface area (Å²) in [5.41, 5.74) is 4.54. The number of anilines is 1. The van der Waals surface area contributed by atoms with E-state index in [2.05, 4.69) is 25.2 Å². The SMILES string of the molecule is Cc1ncnc(C)c1-c1cc(NC(=O)Cc2ccc(F)cn2)ccc1OCCN1CCCC1. The van der Waals surface area contributed by atoms with E-state index in [1.165, 1.54) is 25.0 Å². The fourth-order valence-electron chi connectivity index (χ4n) is 4.08. The Morgan fingerprint density at radius 3 is 2.55 bits per heavy atom. The van der Waals surface area contributed by atoms with Gasteiger partial charge in [0, 0.05) is 40.4 Å². The molecule has 0 bridgehead atoms. The van der Waals surface area contributed by atoms with Crippen LogP contribution in [0.15, 0.2) is 42.9 Å². The average Bonchev–Trinajstić information content (AvgIpc) is 3.30. The Bertz CT molecular complexity index is 1090. The van der Waals surface area contributed by atoms with Gasteiger partial charge in [-0.15, -0.1) is 0 Å². The van der Waals surface area contributed by atoms with Gasteiger partial charge in [-0.25, -0.2) is 14.4 Å². The molecule has 3 heterocycles. The van der Waals surface area contributed by atoms with E-state index in [0.717, 1.165) is 54.1 Å². The van der Waals surface area contributed by atoms with E-state index in [1.54, 1.807) is 6.33 Å². The first-order chi connectivity index (χ1) is 16.0. The average molecular weight is 450 g/mol. The highest BCUT2D eigenvalue weighted by Crippen LogP contribution is 2.35. The summed E-state index contributed by atoms with van der Waals surface area (Å²) in [6.07, 6.45) is 5.19. The standard InChI is InChI=1S/C25H28FN5O2/c1-17-25(18(2)29-16-28-17)22-13-21(30-24(32)14-20-6-5-19(26)15-27-20)7-8-23(22)33-12-11-31-9-3-4-10-31/h5-8,13,15-16H,3-4,9-12,14H2,1-2H3,(H,30,32). The van der Waals surface area contributed by atoms with Gasteiger partial charge in [-0.3, -0.25) is 14.7 Å². The molecular weight excluding hydrogens is 421 g/mol. The van der Waals surface area contributed by atoms with Crippen LogP contribution in [0.2, 0.25) is 0 Å². The van der Waals surface area contributed by atoms with Crippen LogP contribution in [0.5, 0.6) is 5.75 Å². The van der Waals surface area contributed by atoms with Crippen molar-refractivity contribution in [1.29, 1.82) is 0 Å². The lowest BCUT2D eigenvalue weighted by atomic mass is 10.0. The second kappa shape index (κ2) is 10.5. The number of benzene rings is 1. The number of pyridine rings is 1. The number of hydrogen-bond donors (Lipinski definition) is 1. The van der Waals surface area contributed by atoms with Crippen molar-refractivity contribution in [3.05, 3.63) is 65.8 Å². The molecule has 0 unspecified atom stereocenters. The van der Waals surface area contributed by atoms with Gasteiger partial charge >= 0.3 is 0 Å². The Kier molecular flexibility index (Phi) is 7.24. The smallest absolute Gasteiger partial charge is 0.230 e. The van der Waals surface area contributed by atoms with Crippen molar-refractivity contribution in [3.63, 3.8) is 0 Å². The molecule has 7 nitrogen and oxygen atoms in total. The fraction of sp³-hybridized carbons (Fsp3) is 0.360. The van der Waals surface area contributed by atoms with Crippen LogP contribution in [0.4, 0.5) is 10.1 Å². The van der Waals surface area contributed by atoms with Crippen molar-refractivity contribution in [1.82, 2.24) is 19.9 Å². The summed E-state index contributed by atoms with van der Waals surface area (Å²) >= 11 is 0. The zero-order valence-corrected chi connectivity index (χ0v) is 19.0. The highest BCUT2D eigenvalue weighted by atomic mass is 19.1. The Hall–Kier alpha value is -3.39. The summed E-state index contributed by atoms with van der Waals surface area (Å²) in [6.45, 7) is 7.57. The molecule has 1 fully saturated rings. The number of aromatic nitrogens is 3. The van der Waals surface area contributed by atoms with Gasteiger partial charge in [0.25, 0.3) is 0 Å². The van der Waals surface area contributed by atoms with Crippen LogP contribution in [0.3, 0.4) is 0 Å². The molecule has 172 valence electrons. The summed E-state index contributed by atoms with van der Waals surface area (Å²) in [4.78, 5) is 27.6. The summed E-state index contributed by atoms with van der Waals surface area (Å²) < 4.78 is 19.2. The van der Waals surface area contributed by atoms with Crippen LogP contribution in [-0.2, 0) is 11.2 Å². The third-order valence-electron chi connectivity index (χ3n) is 5.75. The van der Waals surface area contributed by atoms with Gasteiger partial charge < -0.3 is 10.1 Å². The molecule has 33 heavy (non-hydrogen) atoms. The molecule has 3 aromatic rings. The van der Waals surface area contributed by atoms with Crippen molar-refractivity contribution in [3.8, 4) is 16.9 Å². The molecule has 0 atom stereocenters. The number of amides is 1. The van der Waals surface area contributed by atoms with E-state index < -0.39 is 5.82 Å².